The zero-order chi connectivity index (χ0) is 9.42. The van der Waals surface area contributed by atoms with Crippen molar-refractivity contribution in [3.05, 3.63) is 18.0 Å². The van der Waals surface area contributed by atoms with Crippen LogP contribution < -0.4 is 5.73 Å². The summed E-state index contributed by atoms with van der Waals surface area (Å²) in [5.74, 6) is 0.457. The first-order valence-corrected chi connectivity index (χ1v) is 4.59. The van der Waals surface area contributed by atoms with Gasteiger partial charge in [-0.25, -0.2) is 0 Å². The fraction of sp³-hybridized carbons (Fsp3) is 0.667. The van der Waals surface area contributed by atoms with Gasteiger partial charge in [-0.05, 0) is 12.6 Å². The minimum atomic E-state index is 0. The number of likely N-dealkylation sites (tertiary alicyclic amines) is 1. The third kappa shape index (κ3) is 2.08. The Bertz CT molecular complexity index is 299. The third-order valence-corrected chi connectivity index (χ3v) is 2.70. The zero-order valence-electron chi connectivity index (χ0n) is 8.55. The second kappa shape index (κ2) is 4.29. The molecule has 0 unspecified atom stereocenters. The predicted molar refractivity (Wildman–Crippen MR) is 58.7 cm³/mol. The van der Waals surface area contributed by atoms with Crippen LogP contribution in [0.2, 0.25) is 0 Å². The van der Waals surface area contributed by atoms with Gasteiger partial charge in [0.05, 0.1) is 6.20 Å². The van der Waals surface area contributed by atoms with E-state index in [4.69, 9.17) is 5.73 Å². The average Bonchev–Trinajstić information content (AvgIpc) is 2.58. The molecule has 1 aliphatic heterocycles. The van der Waals surface area contributed by atoms with E-state index in [1.165, 1.54) is 5.56 Å². The molecule has 2 N–H and O–H groups in total. The van der Waals surface area contributed by atoms with E-state index in [-0.39, 0.29) is 18.4 Å². The van der Waals surface area contributed by atoms with Gasteiger partial charge >= 0.3 is 0 Å². The summed E-state index contributed by atoms with van der Waals surface area (Å²) in [6, 6.07) is 0.259. The molecule has 1 fully saturated rings. The van der Waals surface area contributed by atoms with Crippen LogP contribution in [0.1, 0.15) is 11.5 Å². The van der Waals surface area contributed by atoms with Crippen LogP contribution in [0, 0.1) is 0 Å². The zero-order valence-corrected chi connectivity index (χ0v) is 9.37. The summed E-state index contributed by atoms with van der Waals surface area (Å²) in [5.41, 5.74) is 7.30. The minimum absolute atomic E-state index is 0. The standard InChI is InChI=1S/C9H16N4.ClH/c1-12-5-8(9(10)6-12)7-3-11-13(2)4-7;/h3-4,8-9H,5-6,10H2,1-2H3;1H/t8-,9+;/m0./s1. The Hall–Kier alpha value is -0.580. The Kier molecular flexibility index (Phi) is 3.53. The molecule has 0 aliphatic carbocycles. The summed E-state index contributed by atoms with van der Waals surface area (Å²) in [7, 11) is 4.05. The van der Waals surface area contributed by atoms with Crippen LogP contribution in [0.5, 0.6) is 0 Å². The first-order valence-electron chi connectivity index (χ1n) is 4.59. The quantitative estimate of drug-likeness (QED) is 0.730. The van der Waals surface area contributed by atoms with Gasteiger partial charge in [0, 0.05) is 38.3 Å². The summed E-state index contributed by atoms with van der Waals surface area (Å²) in [4.78, 5) is 2.27. The maximum absolute atomic E-state index is 6.03. The molecule has 80 valence electrons. The van der Waals surface area contributed by atoms with E-state index >= 15 is 0 Å². The largest absolute Gasteiger partial charge is 0.326 e. The highest BCUT2D eigenvalue weighted by molar-refractivity contribution is 5.85. The molecule has 5 heteroatoms. The molecule has 1 aromatic rings. The number of aromatic nitrogens is 2. The average molecular weight is 217 g/mol. The molecule has 1 aromatic heterocycles. The van der Waals surface area contributed by atoms with Gasteiger partial charge in [-0.1, -0.05) is 0 Å². The summed E-state index contributed by atoms with van der Waals surface area (Å²) >= 11 is 0. The molecule has 0 amide bonds. The highest BCUT2D eigenvalue weighted by Crippen LogP contribution is 2.24. The molecule has 0 radical (unpaired) electrons. The topological polar surface area (TPSA) is 47.1 Å². The molecule has 0 spiro atoms. The third-order valence-electron chi connectivity index (χ3n) is 2.70. The fourth-order valence-corrected chi connectivity index (χ4v) is 2.02. The lowest BCUT2D eigenvalue weighted by atomic mass is 9.98. The van der Waals surface area contributed by atoms with Gasteiger partial charge in [-0.15, -0.1) is 12.4 Å². The van der Waals surface area contributed by atoms with E-state index in [1.807, 2.05) is 17.9 Å². The van der Waals surface area contributed by atoms with Crippen molar-refractivity contribution in [1.29, 1.82) is 0 Å². The van der Waals surface area contributed by atoms with Crippen LogP contribution in [0.25, 0.3) is 0 Å². The fourth-order valence-electron chi connectivity index (χ4n) is 2.02. The smallest absolute Gasteiger partial charge is 0.0525 e. The Morgan fingerprint density at radius 1 is 1.43 bits per heavy atom. The number of aryl methyl sites for hydroxylation is 1. The molecule has 1 aliphatic rings. The number of hydrogen-bond donors (Lipinski definition) is 1. The SMILES string of the molecule is CN1C[C@@H](N)[C@H](c2cnn(C)c2)C1.Cl. The van der Waals surface area contributed by atoms with Gasteiger partial charge in [0.15, 0.2) is 0 Å². The van der Waals surface area contributed by atoms with E-state index in [9.17, 15) is 0 Å². The van der Waals surface area contributed by atoms with Gasteiger partial charge < -0.3 is 10.6 Å². The van der Waals surface area contributed by atoms with Crippen molar-refractivity contribution >= 4 is 12.4 Å². The van der Waals surface area contributed by atoms with E-state index in [0.717, 1.165) is 13.1 Å². The Balaban J connectivity index is 0.000000980. The second-order valence-corrected chi connectivity index (χ2v) is 3.94. The van der Waals surface area contributed by atoms with E-state index < -0.39 is 0 Å². The monoisotopic (exact) mass is 216 g/mol. The molecule has 1 saturated heterocycles. The molecular formula is C9H17ClN4. The highest BCUT2D eigenvalue weighted by Gasteiger charge is 2.29. The van der Waals surface area contributed by atoms with Crippen LogP contribution in [0.4, 0.5) is 0 Å². The summed E-state index contributed by atoms with van der Waals surface area (Å²) < 4.78 is 1.83. The first-order chi connectivity index (χ1) is 6.16. The predicted octanol–water partition coefficient (Wildman–Crippen LogP) is 0.198. The molecule has 0 saturated carbocycles. The Morgan fingerprint density at radius 2 is 2.14 bits per heavy atom. The molecular weight excluding hydrogens is 200 g/mol. The molecule has 0 bridgehead atoms. The minimum Gasteiger partial charge on any atom is -0.326 e. The molecule has 2 rings (SSSR count). The van der Waals surface area contributed by atoms with Crippen LogP contribution in [0.3, 0.4) is 0 Å². The lowest BCUT2D eigenvalue weighted by molar-refractivity contribution is 0.407. The van der Waals surface area contributed by atoms with E-state index in [2.05, 4.69) is 23.2 Å². The molecule has 4 nitrogen and oxygen atoms in total. The maximum atomic E-state index is 6.03. The van der Waals surface area contributed by atoms with Gasteiger partial charge in [0.25, 0.3) is 0 Å². The van der Waals surface area contributed by atoms with Crippen LogP contribution >= 0.6 is 12.4 Å². The van der Waals surface area contributed by atoms with Crippen molar-refractivity contribution in [2.45, 2.75) is 12.0 Å². The summed E-state index contributed by atoms with van der Waals surface area (Å²) in [6.07, 6.45) is 3.98. The van der Waals surface area contributed by atoms with Gasteiger partial charge in [-0.2, -0.15) is 5.10 Å². The van der Waals surface area contributed by atoms with Crippen molar-refractivity contribution in [1.82, 2.24) is 14.7 Å². The Labute approximate surface area is 90.5 Å². The highest BCUT2D eigenvalue weighted by atomic mass is 35.5. The van der Waals surface area contributed by atoms with Crippen molar-refractivity contribution in [3.8, 4) is 0 Å². The van der Waals surface area contributed by atoms with Crippen LogP contribution in [-0.2, 0) is 7.05 Å². The lowest BCUT2D eigenvalue weighted by Crippen LogP contribution is -2.27. The summed E-state index contributed by atoms with van der Waals surface area (Å²) in [5, 5.41) is 4.16. The number of likely N-dealkylation sites (N-methyl/N-ethyl adjacent to an activating group) is 1. The first kappa shape index (κ1) is 11.5. The van der Waals surface area contributed by atoms with Crippen molar-refractivity contribution in [3.63, 3.8) is 0 Å². The second-order valence-electron chi connectivity index (χ2n) is 3.94. The number of nitrogens with two attached hydrogens (primary N) is 1. The van der Waals surface area contributed by atoms with Crippen LogP contribution in [0.15, 0.2) is 12.4 Å². The van der Waals surface area contributed by atoms with Crippen molar-refractivity contribution in [2.24, 2.45) is 12.8 Å². The lowest BCUT2D eigenvalue weighted by Gasteiger charge is -2.10. The number of hydrogen-bond acceptors (Lipinski definition) is 3. The molecule has 2 heterocycles. The molecule has 14 heavy (non-hydrogen) atoms. The summed E-state index contributed by atoms with van der Waals surface area (Å²) in [6.45, 7) is 2.03. The van der Waals surface area contributed by atoms with E-state index in [1.54, 1.807) is 0 Å². The van der Waals surface area contributed by atoms with Gasteiger partial charge in [0.2, 0.25) is 0 Å². The normalized spacial score (nSPS) is 27.6. The van der Waals surface area contributed by atoms with Gasteiger partial charge in [0.1, 0.15) is 0 Å². The molecule has 0 aromatic carbocycles. The maximum Gasteiger partial charge on any atom is 0.0525 e. The number of halogens is 1. The molecule has 2 atom stereocenters. The number of rotatable bonds is 1. The van der Waals surface area contributed by atoms with E-state index in [0.29, 0.717) is 5.92 Å². The van der Waals surface area contributed by atoms with Crippen molar-refractivity contribution < 1.29 is 0 Å². The van der Waals surface area contributed by atoms with Crippen molar-refractivity contribution in [2.75, 3.05) is 20.1 Å². The van der Waals surface area contributed by atoms with Crippen LogP contribution in [-0.4, -0.2) is 40.9 Å². The number of nitrogens with zero attached hydrogens (tertiary/aromatic N) is 3. The van der Waals surface area contributed by atoms with Gasteiger partial charge in [-0.3, -0.25) is 4.68 Å². The Morgan fingerprint density at radius 3 is 2.57 bits per heavy atom.